The molecule has 1 unspecified atom stereocenters. The minimum atomic E-state index is -0.339. The Morgan fingerprint density at radius 3 is 2.79 bits per heavy atom. The number of carbonyl (C=O) groups excluding carboxylic acids is 1. The van der Waals surface area contributed by atoms with E-state index in [4.69, 9.17) is 10.5 Å². The van der Waals surface area contributed by atoms with Crippen molar-refractivity contribution in [2.75, 3.05) is 18.2 Å². The number of ether oxygens (including phenoxy) is 1. The van der Waals surface area contributed by atoms with E-state index < -0.39 is 0 Å². The largest absolute Gasteiger partial charge is 0.465 e. The highest BCUT2D eigenvalue weighted by Crippen LogP contribution is 2.39. The van der Waals surface area contributed by atoms with Crippen molar-refractivity contribution in [2.24, 2.45) is 5.41 Å². The highest BCUT2D eigenvalue weighted by molar-refractivity contribution is 5.92. The zero-order valence-electron chi connectivity index (χ0n) is 11.8. The zero-order chi connectivity index (χ0) is 14.0. The van der Waals surface area contributed by atoms with E-state index in [2.05, 4.69) is 19.2 Å². The summed E-state index contributed by atoms with van der Waals surface area (Å²) in [4.78, 5) is 11.6. The number of nitrogens with one attached hydrogen (secondary N) is 1. The molecule has 1 aliphatic rings. The van der Waals surface area contributed by atoms with Crippen LogP contribution in [-0.2, 0) is 4.74 Å². The molecule has 4 nitrogen and oxygen atoms in total. The van der Waals surface area contributed by atoms with E-state index in [0.717, 1.165) is 12.1 Å². The first-order valence-electron chi connectivity index (χ1n) is 6.68. The molecule has 1 aromatic carbocycles. The Labute approximate surface area is 114 Å². The fourth-order valence-corrected chi connectivity index (χ4v) is 2.71. The van der Waals surface area contributed by atoms with Gasteiger partial charge in [-0.15, -0.1) is 0 Å². The third-order valence-electron chi connectivity index (χ3n) is 4.06. The van der Waals surface area contributed by atoms with E-state index in [0.29, 0.717) is 17.3 Å². The van der Waals surface area contributed by atoms with Gasteiger partial charge in [0.2, 0.25) is 0 Å². The van der Waals surface area contributed by atoms with E-state index in [9.17, 15) is 4.79 Å². The topological polar surface area (TPSA) is 64.3 Å². The van der Waals surface area contributed by atoms with Gasteiger partial charge in [-0.1, -0.05) is 20.3 Å². The predicted molar refractivity (Wildman–Crippen MR) is 77.2 cm³/mol. The van der Waals surface area contributed by atoms with Crippen LogP contribution >= 0.6 is 0 Å². The summed E-state index contributed by atoms with van der Waals surface area (Å²) in [6.45, 7) is 4.52. The highest BCUT2D eigenvalue weighted by atomic mass is 16.5. The standard InChI is InChI=1S/C15H22N2O2/c1-15(2)8-4-5-13(15)17-12-9-10(14(18)19-3)6-7-11(12)16/h6-7,9,13,17H,4-5,8,16H2,1-3H3. The molecule has 3 N–H and O–H groups in total. The maximum Gasteiger partial charge on any atom is 0.337 e. The zero-order valence-corrected chi connectivity index (χ0v) is 11.8. The van der Waals surface area contributed by atoms with Crippen LogP contribution in [0, 0.1) is 5.41 Å². The van der Waals surface area contributed by atoms with E-state index >= 15 is 0 Å². The fourth-order valence-electron chi connectivity index (χ4n) is 2.71. The molecule has 0 radical (unpaired) electrons. The molecule has 0 aliphatic heterocycles. The van der Waals surface area contributed by atoms with Crippen LogP contribution in [0.15, 0.2) is 18.2 Å². The first kappa shape index (κ1) is 13.7. The van der Waals surface area contributed by atoms with Crippen molar-refractivity contribution in [3.05, 3.63) is 23.8 Å². The maximum atomic E-state index is 11.6. The molecule has 104 valence electrons. The van der Waals surface area contributed by atoms with Crippen molar-refractivity contribution >= 4 is 17.3 Å². The van der Waals surface area contributed by atoms with Crippen LogP contribution < -0.4 is 11.1 Å². The Bertz CT molecular complexity index is 483. The molecule has 0 bridgehead atoms. The van der Waals surface area contributed by atoms with Crippen LogP contribution in [0.5, 0.6) is 0 Å². The van der Waals surface area contributed by atoms with E-state index in [-0.39, 0.29) is 11.4 Å². The average molecular weight is 262 g/mol. The van der Waals surface area contributed by atoms with Gasteiger partial charge in [-0.3, -0.25) is 0 Å². The van der Waals surface area contributed by atoms with Crippen molar-refractivity contribution in [1.82, 2.24) is 0 Å². The van der Waals surface area contributed by atoms with Gasteiger partial charge in [0.1, 0.15) is 0 Å². The number of carbonyl (C=O) groups is 1. The highest BCUT2D eigenvalue weighted by Gasteiger charge is 2.34. The molecule has 1 saturated carbocycles. The summed E-state index contributed by atoms with van der Waals surface area (Å²) in [5, 5.41) is 3.49. The van der Waals surface area contributed by atoms with Gasteiger partial charge in [-0.25, -0.2) is 4.79 Å². The van der Waals surface area contributed by atoms with Gasteiger partial charge < -0.3 is 15.8 Å². The molecule has 0 aromatic heterocycles. The van der Waals surface area contributed by atoms with Crippen LogP contribution in [-0.4, -0.2) is 19.1 Å². The van der Waals surface area contributed by atoms with Gasteiger partial charge in [0, 0.05) is 6.04 Å². The first-order chi connectivity index (χ1) is 8.94. The Morgan fingerprint density at radius 2 is 2.21 bits per heavy atom. The Morgan fingerprint density at radius 1 is 1.47 bits per heavy atom. The molecule has 19 heavy (non-hydrogen) atoms. The maximum absolute atomic E-state index is 11.6. The lowest BCUT2D eigenvalue weighted by Gasteiger charge is -2.29. The summed E-state index contributed by atoms with van der Waals surface area (Å²) in [7, 11) is 1.38. The van der Waals surface area contributed by atoms with Gasteiger partial charge in [0.25, 0.3) is 0 Å². The Kier molecular flexibility index (Phi) is 3.69. The Balaban J connectivity index is 2.22. The number of esters is 1. The van der Waals surface area contributed by atoms with Gasteiger partial charge >= 0.3 is 5.97 Å². The van der Waals surface area contributed by atoms with Crippen molar-refractivity contribution in [3.63, 3.8) is 0 Å². The lowest BCUT2D eigenvalue weighted by Crippen LogP contribution is -2.31. The molecule has 0 heterocycles. The van der Waals surface area contributed by atoms with Gasteiger partial charge in [0.15, 0.2) is 0 Å². The third-order valence-corrected chi connectivity index (χ3v) is 4.06. The average Bonchev–Trinajstić information content (AvgIpc) is 2.70. The number of rotatable bonds is 3. The molecule has 2 rings (SSSR count). The number of hydrogen-bond acceptors (Lipinski definition) is 4. The number of hydrogen-bond donors (Lipinski definition) is 2. The summed E-state index contributed by atoms with van der Waals surface area (Å²) in [5.41, 5.74) is 8.25. The molecule has 1 atom stereocenters. The number of methoxy groups -OCH3 is 1. The normalized spacial score (nSPS) is 21.1. The second-order valence-electron chi connectivity index (χ2n) is 5.87. The second-order valence-corrected chi connectivity index (χ2v) is 5.87. The number of anilines is 2. The summed E-state index contributed by atoms with van der Waals surface area (Å²) >= 11 is 0. The fraction of sp³-hybridized carbons (Fsp3) is 0.533. The number of benzene rings is 1. The van der Waals surface area contributed by atoms with Crippen LogP contribution in [0.3, 0.4) is 0 Å². The lowest BCUT2D eigenvalue weighted by atomic mass is 9.87. The first-order valence-corrected chi connectivity index (χ1v) is 6.68. The monoisotopic (exact) mass is 262 g/mol. The minimum absolute atomic E-state index is 0.258. The molecule has 1 aromatic rings. The molecule has 1 fully saturated rings. The lowest BCUT2D eigenvalue weighted by molar-refractivity contribution is 0.0601. The second kappa shape index (κ2) is 5.11. The van der Waals surface area contributed by atoms with Crippen LogP contribution in [0.25, 0.3) is 0 Å². The number of nitrogens with two attached hydrogens (primary N) is 1. The SMILES string of the molecule is COC(=O)c1ccc(N)c(NC2CCCC2(C)C)c1. The van der Waals surface area contributed by atoms with Crippen LogP contribution in [0.4, 0.5) is 11.4 Å². The van der Waals surface area contributed by atoms with Crippen molar-refractivity contribution in [1.29, 1.82) is 0 Å². The van der Waals surface area contributed by atoms with Crippen molar-refractivity contribution in [3.8, 4) is 0 Å². The third kappa shape index (κ3) is 2.83. The van der Waals surface area contributed by atoms with E-state index in [1.165, 1.54) is 20.0 Å². The summed E-state index contributed by atoms with van der Waals surface area (Å²) in [6.07, 6.45) is 3.57. The van der Waals surface area contributed by atoms with Crippen LogP contribution in [0.1, 0.15) is 43.5 Å². The van der Waals surface area contributed by atoms with Crippen molar-refractivity contribution in [2.45, 2.75) is 39.2 Å². The molecule has 0 amide bonds. The smallest absolute Gasteiger partial charge is 0.337 e. The van der Waals surface area contributed by atoms with Gasteiger partial charge in [0.05, 0.1) is 24.0 Å². The van der Waals surface area contributed by atoms with Crippen molar-refractivity contribution < 1.29 is 9.53 Å². The molecular formula is C15H22N2O2. The Hall–Kier alpha value is -1.71. The number of nitrogen functional groups attached to an aromatic ring is 1. The molecular weight excluding hydrogens is 240 g/mol. The minimum Gasteiger partial charge on any atom is -0.465 e. The summed E-state index contributed by atoms with van der Waals surface area (Å²) < 4.78 is 4.73. The predicted octanol–water partition coefficient (Wildman–Crippen LogP) is 3.05. The van der Waals surface area contributed by atoms with Gasteiger partial charge in [-0.05, 0) is 36.5 Å². The molecule has 0 spiro atoms. The van der Waals surface area contributed by atoms with E-state index in [1.807, 2.05) is 0 Å². The molecule has 1 aliphatic carbocycles. The molecule has 4 heteroatoms. The van der Waals surface area contributed by atoms with Crippen LogP contribution in [0.2, 0.25) is 0 Å². The van der Waals surface area contributed by atoms with E-state index in [1.54, 1.807) is 18.2 Å². The molecule has 0 saturated heterocycles. The summed E-state index contributed by atoms with van der Waals surface area (Å²) in [5.74, 6) is -0.339. The summed E-state index contributed by atoms with van der Waals surface area (Å²) in [6, 6.07) is 5.60. The quantitative estimate of drug-likeness (QED) is 0.649. The van der Waals surface area contributed by atoms with Gasteiger partial charge in [-0.2, -0.15) is 0 Å².